The number of fused-ring (bicyclic) bond motifs is 1. The van der Waals surface area contributed by atoms with Crippen molar-refractivity contribution in [3.8, 4) is 0 Å². The molecule has 2 aromatic carbocycles. The Labute approximate surface area is 168 Å². The largest absolute Gasteiger partial charge is 0.449 e. The van der Waals surface area contributed by atoms with Crippen molar-refractivity contribution in [3.05, 3.63) is 81.4 Å². The fourth-order valence-electron chi connectivity index (χ4n) is 3.41. The van der Waals surface area contributed by atoms with Crippen molar-refractivity contribution in [2.45, 2.75) is 38.3 Å². The van der Waals surface area contributed by atoms with Gasteiger partial charge in [-0.3, -0.25) is 14.9 Å². The molecule has 0 saturated carbocycles. The Kier molecular flexibility index (Phi) is 6.39. The van der Waals surface area contributed by atoms with E-state index < -0.39 is 17.0 Å². The van der Waals surface area contributed by atoms with Gasteiger partial charge in [-0.2, -0.15) is 0 Å². The number of nitro benzene ring substituents is 1. The third-order valence-corrected chi connectivity index (χ3v) is 4.88. The van der Waals surface area contributed by atoms with Gasteiger partial charge in [-0.25, -0.2) is 4.79 Å². The van der Waals surface area contributed by atoms with Gasteiger partial charge < -0.3 is 10.1 Å². The zero-order valence-corrected chi connectivity index (χ0v) is 16.0. The second-order valence-corrected chi connectivity index (χ2v) is 6.88. The van der Waals surface area contributed by atoms with Gasteiger partial charge in [0.1, 0.15) is 0 Å². The van der Waals surface area contributed by atoms with Gasteiger partial charge in [0.2, 0.25) is 0 Å². The van der Waals surface area contributed by atoms with Crippen LogP contribution in [-0.4, -0.2) is 22.9 Å². The SMILES string of the molecule is C[C@@H](OC(=O)/C=C/c1ccccc1[N+](=O)[O-])C(=O)N[C@@H]1CCCc2ccccc21. The summed E-state index contributed by atoms with van der Waals surface area (Å²) in [5.41, 5.74) is 2.49. The smallest absolute Gasteiger partial charge is 0.331 e. The zero-order chi connectivity index (χ0) is 20.8. The van der Waals surface area contributed by atoms with Gasteiger partial charge in [0, 0.05) is 12.1 Å². The molecule has 0 saturated heterocycles. The Balaban J connectivity index is 1.59. The van der Waals surface area contributed by atoms with Gasteiger partial charge in [0.05, 0.1) is 16.5 Å². The van der Waals surface area contributed by atoms with Crippen LogP contribution in [0.2, 0.25) is 0 Å². The topological polar surface area (TPSA) is 98.5 Å². The molecule has 150 valence electrons. The van der Waals surface area contributed by atoms with Crippen LogP contribution in [0.15, 0.2) is 54.6 Å². The van der Waals surface area contributed by atoms with Crippen LogP contribution in [0.25, 0.3) is 6.08 Å². The molecule has 2 aromatic rings. The molecule has 1 aliphatic rings. The number of aryl methyl sites for hydroxylation is 1. The van der Waals surface area contributed by atoms with Gasteiger partial charge in [-0.15, -0.1) is 0 Å². The van der Waals surface area contributed by atoms with E-state index in [2.05, 4.69) is 11.4 Å². The summed E-state index contributed by atoms with van der Waals surface area (Å²) in [5, 5.41) is 14.0. The van der Waals surface area contributed by atoms with Gasteiger partial charge in [-0.1, -0.05) is 36.4 Å². The predicted octanol–water partition coefficient (Wildman–Crippen LogP) is 3.73. The lowest BCUT2D eigenvalue weighted by Crippen LogP contribution is -2.39. The van der Waals surface area contributed by atoms with Crippen molar-refractivity contribution in [3.63, 3.8) is 0 Å². The highest BCUT2D eigenvalue weighted by Crippen LogP contribution is 2.29. The third-order valence-electron chi connectivity index (χ3n) is 4.88. The molecule has 0 unspecified atom stereocenters. The lowest BCUT2D eigenvalue weighted by Gasteiger charge is -2.27. The van der Waals surface area contributed by atoms with Crippen LogP contribution < -0.4 is 5.32 Å². The molecule has 0 radical (unpaired) electrons. The highest BCUT2D eigenvalue weighted by Gasteiger charge is 2.25. The minimum absolute atomic E-state index is 0.101. The third kappa shape index (κ3) is 5.07. The van der Waals surface area contributed by atoms with Crippen LogP contribution in [0, 0.1) is 10.1 Å². The Hall–Kier alpha value is -3.48. The van der Waals surface area contributed by atoms with Crippen LogP contribution in [0.1, 0.15) is 42.5 Å². The number of carbonyl (C=O) groups excluding carboxylic acids is 2. The Bertz CT molecular complexity index is 954. The highest BCUT2D eigenvalue weighted by atomic mass is 16.6. The number of nitrogens with one attached hydrogen (secondary N) is 1. The molecule has 7 heteroatoms. The monoisotopic (exact) mass is 394 g/mol. The van der Waals surface area contributed by atoms with E-state index in [1.54, 1.807) is 12.1 Å². The molecule has 0 aromatic heterocycles. The highest BCUT2D eigenvalue weighted by molar-refractivity contribution is 5.91. The van der Waals surface area contributed by atoms with Crippen LogP contribution in [0.5, 0.6) is 0 Å². The summed E-state index contributed by atoms with van der Waals surface area (Å²) in [6.07, 6.45) is 4.22. The number of carbonyl (C=O) groups is 2. The summed E-state index contributed by atoms with van der Waals surface area (Å²) in [5.74, 6) is -1.12. The van der Waals surface area contributed by atoms with E-state index in [9.17, 15) is 19.7 Å². The van der Waals surface area contributed by atoms with E-state index in [0.29, 0.717) is 0 Å². The first-order chi connectivity index (χ1) is 14.0. The van der Waals surface area contributed by atoms with Crippen molar-refractivity contribution in [1.82, 2.24) is 5.32 Å². The van der Waals surface area contributed by atoms with E-state index in [1.165, 1.54) is 30.7 Å². The van der Waals surface area contributed by atoms with Crippen LogP contribution >= 0.6 is 0 Å². The number of benzene rings is 2. The van der Waals surface area contributed by atoms with Gasteiger partial charge in [-0.05, 0) is 49.5 Å². The average Bonchev–Trinajstić information content (AvgIpc) is 2.72. The number of amides is 1. The second kappa shape index (κ2) is 9.14. The Morgan fingerprint density at radius 1 is 1.21 bits per heavy atom. The molecule has 0 bridgehead atoms. The number of para-hydroxylation sites is 1. The van der Waals surface area contributed by atoms with E-state index >= 15 is 0 Å². The first kappa shape index (κ1) is 20.3. The zero-order valence-electron chi connectivity index (χ0n) is 16.0. The molecule has 1 amide bonds. The van der Waals surface area contributed by atoms with E-state index in [0.717, 1.165) is 30.9 Å². The lowest BCUT2D eigenvalue weighted by molar-refractivity contribution is -0.385. The normalized spacial score (nSPS) is 16.7. The second-order valence-electron chi connectivity index (χ2n) is 6.88. The molecule has 0 fully saturated rings. The molecule has 2 atom stereocenters. The molecule has 29 heavy (non-hydrogen) atoms. The molecule has 0 spiro atoms. The minimum atomic E-state index is -0.980. The Morgan fingerprint density at radius 3 is 2.72 bits per heavy atom. The maximum Gasteiger partial charge on any atom is 0.331 e. The number of nitrogens with zero attached hydrogens (tertiary/aromatic N) is 1. The van der Waals surface area contributed by atoms with Crippen LogP contribution in [-0.2, 0) is 20.7 Å². The summed E-state index contributed by atoms with van der Waals surface area (Å²) in [7, 11) is 0. The molecule has 3 rings (SSSR count). The van der Waals surface area contributed by atoms with Crippen molar-refractivity contribution in [2.75, 3.05) is 0 Å². The van der Waals surface area contributed by atoms with Gasteiger partial charge >= 0.3 is 5.97 Å². The summed E-state index contributed by atoms with van der Waals surface area (Å²) in [6.45, 7) is 1.50. The molecule has 1 N–H and O–H groups in total. The maximum atomic E-state index is 12.5. The molecule has 0 aliphatic heterocycles. The molecule has 0 heterocycles. The predicted molar refractivity (Wildman–Crippen MR) is 108 cm³/mol. The van der Waals surface area contributed by atoms with Crippen molar-refractivity contribution in [2.24, 2.45) is 0 Å². The van der Waals surface area contributed by atoms with Crippen molar-refractivity contribution < 1.29 is 19.2 Å². The summed E-state index contributed by atoms with van der Waals surface area (Å²) < 4.78 is 5.16. The van der Waals surface area contributed by atoms with Gasteiger partial charge in [0.15, 0.2) is 6.10 Å². The number of nitro groups is 1. The summed E-state index contributed by atoms with van der Waals surface area (Å²) in [6, 6.07) is 13.9. The quantitative estimate of drug-likeness (QED) is 0.348. The average molecular weight is 394 g/mol. The molecule has 7 nitrogen and oxygen atoms in total. The lowest BCUT2D eigenvalue weighted by atomic mass is 9.87. The number of hydrogen-bond donors (Lipinski definition) is 1. The van der Waals surface area contributed by atoms with Crippen molar-refractivity contribution >= 4 is 23.6 Å². The number of esters is 1. The van der Waals surface area contributed by atoms with E-state index in [1.807, 2.05) is 18.2 Å². The fourth-order valence-corrected chi connectivity index (χ4v) is 3.41. The van der Waals surface area contributed by atoms with Crippen LogP contribution in [0.4, 0.5) is 5.69 Å². The maximum absolute atomic E-state index is 12.5. The standard InChI is InChI=1S/C22H22N2O5/c1-15(22(26)23-19-11-6-9-16-7-2-4-10-18(16)19)29-21(25)14-13-17-8-3-5-12-20(17)24(27)28/h2-5,7-8,10,12-15,19H,6,9,11H2,1H3,(H,23,26)/b14-13+/t15-,19-/m1/s1. The molecular formula is C22H22N2O5. The fraction of sp³-hybridized carbons (Fsp3) is 0.273. The van der Waals surface area contributed by atoms with E-state index in [4.69, 9.17) is 4.74 Å². The number of hydrogen-bond acceptors (Lipinski definition) is 5. The molecular weight excluding hydrogens is 372 g/mol. The van der Waals surface area contributed by atoms with Crippen molar-refractivity contribution in [1.29, 1.82) is 0 Å². The Morgan fingerprint density at radius 2 is 1.93 bits per heavy atom. The van der Waals surface area contributed by atoms with Crippen LogP contribution in [0.3, 0.4) is 0 Å². The van der Waals surface area contributed by atoms with Gasteiger partial charge in [0.25, 0.3) is 11.6 Å². The summed E-state index contributed by atoms with van der Waals surface area (Å²) in [4.78, 5) is 35.0. The number of ether oxygens (including phenoxy) is 1. The van der Waals surface area contributed by atoms with E-state index in [-0.39, 0.29) is 23.2 Å². The first-order valence-electron chi connectivity index (χ1n) is 9.46. The number of rotatable bonds is 6. The minimum Gasteiger partial charge on any atom is -0.449 e. The summed E-state index contributed by atoms with van der Waals surface area (Å²) >= 11 is 0. The first-order valence-corrected chi connectivity index (χ1v) is 9.46. The molecule has 1 aliphatic carbocycles.